The lowest BCUT2D eigenvalue weighted by Gasteiger charge is -2.30. The summed E-state index contributed by atoms with van der Waals surface area (Å²) < 4.78 is 13.5. The molecule has 0 unspecified atom stereocenters. The van der Waals surface area contributed by atoms with Crippen molar-refractivity contribution in [1.29, 1.82) is 0 Å². The van der Waals surface area contributed by atoms with Gasteiger partial charge in [0.25, 0.3) is 0 Å². The van der Waals surface area contributed by atoms with E-state index in [1.165, 1.54) is 31.6 Å². The summed E-state index contributed by atoms with van der Waals surface area (Å²) in [6, 6.07) is 6.95. The molecule has 1 fully saturated rings. The Morgan fingerprint density at radius 2 is 1.90 bits per heavy atom. The molecule has 1 aromatic heterocycles. The lowest BCUT2D eigenvalue weighted by molar-refractivity contribution is 0.461. The molecule has 0 amide bonds. The first-order valence-electron chi connectivity index (χ1n) is 6.90. The van der Waals surface area contributed by atoms with Gasteiger partial charge in [0.15, 0.2) is 0 Å². The topological polar surface area (TPSA) is 50.7 Å². The third-order valence-corrected chi connectivity index (χ3v) is 4.08. The van der Waals surface area contributed by atoms with Gasteiger partial charge >= 0.3 is 0 Å². The molecule has 1 aromatic carbocycles. The Hall–Kier alpha value is -2.04. The van der Waals surface area contributed by atoms with Crippen LogP contribution in [0.15, 0.2) is 36.9 Å². The molecule has 0 aliphatic heterocycles. The van der Waals surface area contributed by atoms with E-state index in [9.17, 15) is 4.39 Å². The lowest BCUT2D eigenvalue weighted by atomic mass is 9.79. The monoisotopic (exact) mass is 272 g/mol. The van der Waals surface area contributed by atoms with Crippen LogP contribution in [0.4, 0.5) is 10.3 Å². The summed E-state index contributed by atoms with van der Waals surface area (Å²) in [4.78, 5) is 11.9. The summed E-state index contributed by atoms with van der Waals surface area (Å²) in [5.41, 5.74) is 1.05. The smallest absolute Gasteiger partial charge is 0.225 e. The molecular weight excluding hydrogens is 255 g/mol. The van der Waals surface area contributed by atoms with Crippen LogP contribution < -0.4 is 5.32 Å². The van der Waals surface area contributed by atoms with Gasteiger partial charge in [0.1, 0.15) is 18.5 Å². The third-order valence-electron chi connectivity index (χ3n) is 4.08. The standard InChI is InChI=1S/C15H17FN4/c16-13-5-3-4-12(8-13)15(6-1-2-7-15)9-18-14-19-10-17-11-20-14/h3-5,8,10-11H,1-2,6-7,9H2,(H,17,18,19,20). The normalized spacial score (nSPS) is 17.1. The van der Waals surface area contributed by atoms with Crippen molar-refractivity contribution in [2.24, 2.45) is 0 Å². The van der Waals surface area contributed by atoms with Gasteiger partial charge in [-0.05, 0) is 30.5 Å². The molecular formula is C15H17FN4. The molecule has 2 aromatic rings. The number of halogens is 1. The van der Waals surface area contributed by atoms with Crippen molar-refractivity contribution in [3.05, 3.63) is 48.3 Å². The van der Waals surface area contributed by atoms with Crippen molar-refractivity contribution >= 4 is 5.95 Å². The maximum atomic E-state index is 13.5. The van der Waals surface area contributed by atoms with Crippen LogP contribution in [0.3, 0.4) is 0 Å². The molecule has 20 heavy (non-hydrogen) atoms. The lowest BCUT2D eigenvalue weighted by Crippen LogP contribution is -2.32. The molecule has 1 N–H and O–H groups in total. The van der Waals surface area contributed by atoms with Crippen LogP contribution in [-0.2, 0) is 5.41 Å². The number of nitrogens with zero attached hydrogens (tertiary/aromatic N) is 3. The van der Waals surface area contributed by atoms with Crippen molar-refractivity contribution in [3.63, 3.8) is 0 Å². The zero-order valence-electron chi connectivity index (χ0n) is 11.2. The van der Waals surface area contributed by atoms with Crippen molar-refractivity contribution in [2.45, 2.75) is 31.1 Å². The molecule has 1 aliphatic carbocycles. The van der Waals surface area contributed by atoms with E-state index in [-0.39, 0.29) is 11.2 Å². The molecule has 3 rings (SSSR count). The zero-order chi connectivity index (χ0) is 13.8. The zero-order valence-corrected chi connectivity index (χ0v) is 11.2. The van der Waals surface area contributed by atoms with Gasteiger partial charge in [-0.15, -0.1) is 0 Å². The SMILES string of the molecule is Fc1cccc(C2(CNc3ncncn3)CCCC2)c1. The van der Waals surface area contributed by atoms with E-state index in [0.717, 1.165) is 24.9 Å². The van der Waals surface area contributed by atoms with Gasteiger partial charge in [-0.2, -0.15) is 0 Å². The van der Waals surface area contributed by atoms with Gasteiger partial charge in [-0.3, -0.25) is 0 Å². The molecule has 5 heteroatoms. The van der Waals surface area contributed by atoms with E-state index in [1.54, 1.807) is 12.1 Å². The van der Waals surface area contributed by atoms with E-state index in [0.29, 0.717) is 5.95 Å². The van der Waals surface area contributed by atoms with E-state index < -0.39 is 0 Å². The fourth-order valence-electron chi connectivity index (χ4n) is 3.02. The van der Waals surface area contributed by atoms with E-state index in [4.69, 9.17) is 0 Å². The first-order chi connectivity index (χ1) is 9.78. The summed E-state index contributed by atoms with van der Waals surface area (Å²) in [5, 5.41) is 3.26. The highest BCUT2D eigenvalue weighted by atomic mass is 19.1. The molecule has 0 bridgehead atoms. The summed E-state index contributed by atoms with van der Waals surface area (Å²) >= 11 is 0. The molecule has 4 nitrogen and oxygen atoms in total. The Bertz CT molecular complexity index is 567. The average Bonchev–Trinajstić information content (AvgIpc) is 2.96. The van der Waals surface area contributed by atoms with Crippen LogP contribution in [0.5, 0.6) is 0 Å². The Labute approximate surface area is 117 Å². The van der Waals surface area contributed by atoms with E-state index in [2.05, 4.69) is 20.3 Å². The Balaban J connectivity index is 1.81. The van der Waals surface area contributed by atoms with Crippen molar-refractivity contribution < 1.29 is 4.39 Å². The highest BCUT2D eigenvalue weighted by Gasteiger charge is 2.35. The second kappa shape index (κ2) is 5.53. The number of nitrogens with one attached hydrogen (secondary N) is 1. The van der Waals surface area contributed by atoms with Gasteiger partial charge in [0, 0.05) is 12.0 Å². The molecule has 1 saturated carbocycles. The number of aromatic nitrogens is 3. The summed E-state index contributed by atoms with van der Waals surface area (Å²) in [6.45, 7) is 0.723. The number of hydrogen-bond acceptors (Lipinski definition) is 4. The minimum Gasteiger partial charge on any atom is -0.353 e. The second-order valence-electron chi connectivity index (χ2n) is 5.31. The Morgan fingerprint density at radius 1 is 1.15 bits per heavy atom. The van der Waals surface area contributed by atoms with Crippen LogP contribution in [0, 0.1) is 5.82 Å². The largest absolute Gasteiger partial charge is 0.353 e. The minimum atomic E-state index is -0.172. The van der Waals surface area contributed by atoms with Gasteiger partial charge in [-0.25, -0.2) is 19.3 Å². The fourth-order valence-corrected chi connectivity index (χ4v) is 3.02. The number of benzene rings is 1. The Kier molecular flexibility index (Phi) is 3.58. The first-order valence-corrected chi connectivity index (χ1v) is 6.90. The highest BCUT2D eigenvalue weighted by Crippen LogP contribution is 2.41. The third kappa shape index (κ3) is 2.61. The molecule has 0 atom stereocenters. The van der Waals surface area contributed by atoms with Crippen molar-refractivity contribution in [1.82, 2.24) is 15.0 Å². The van der Waals surface area contributed by atoms with E-state index >= 15 is 0 Å². The Morgan fingerprint density at radius 3 is 2.60 bits per heavy atom. The van der Waals surface area contributed by atoms with E-state index in [1.807, 2.05) is 6.07 Å². The van der Waals surface area contributed by atoms with Gasteiger partial charge in [-0.1, -0.05) is 25.0 Å². The maximum absolute atomic E-state index is 13.5. The second-order valence-corrected chi connectivity index (χ2v) is 5.31. The quantitative estimate of drug-likeness (QED) is 0.929. The molecule has 1 aliphatic rings. The predicted octanol–water partition coefficient (Wildman–Crippen LogP) is 2.93. The molecule has 1 heterocycles. The number of rotatable bonds is 4. The first kappa shape index (κ1) is 13.0. The number of hydrogen-bond donors (Lipinski definition) is 1. The van der Waals surface area contributed by atoms with Crippen molar-refractivity contribution in [2.75, 3.05) is 11.9 Å². The highest BCUT2D eigenvalue weighted by molar-refractivity contribution is 5.32. The molecule has 0 radical (unpaired) electrons. The average molecular weight is 272 g/mol. The molecule has 0 saturated heterocycles. The summed E-state index contributed by atoms with van der Waals surface area (Å²) in [5.74, 6) is 0.400. The van der Waals surface area contributed by atoms with Crippen LogP contribution >= 0.6 is 0 Å². The van der Waals surface area contributed by atoms with Gasteiger partial charge in [0.2, 0.25) is 5.95 Å². The summed E-state index contributed by atoms with van der Waals surface area (Å²) in [7, 11) is 0. The van der Waals surface area contributed by atoms with Gasteiger partial charge in [0.05, 0.1) is 0 Å². The van der Waals surface area contributed by atoms with Crippen LogP contribution in [0.2, 0.25) is 0 Å². The minimum absolute atomic E-state index is 0.0191. The summed E-state index contributed by atoms with van der Waals surface area (Å²) in [6.07, 6.45) is 7.42. The van der Waals surface area contributed by atoms with Crippen LogP contribution in [0.25, 0.3) is 0 Å². The molecule has 0 spiro atoms. The van der Waals surface area contributed by atoms with Gasteiger partial charge < -0.3 is 5.32 Å². The predicted molar refractivity (Wildman–Crippen MR) is 74.9 cm³/mol. The van der Waals surface area contributed by atoms with Crippen LogP contribution in [0.1, 0.15) is 31.2 Å². The number of anilines is 1. The van der Waals surface area contributed by atoms with Crippen molar-refractivity contribution in [3.8, 4) is 0 Å². The fraction of sp³-hybridized carbons (Fsp3) is 0.400. The maximum Gasteiger partial charge on any atom is 0.225 e. The molecule has 104 valence electrons. The van der Waals surface area contributed by atoms with Crippen LogP contribution in [-0.4, -0.2) is 21.5 Å².